The van der Waals surface area contributed by atoms with Gasteiger partial charge in [-0.05, 0) is 63.2 Å². The number of hydrogen-bond donors (Lipinski definition) is 0. The molecule has 142 valence electrons. The van der Waals surface area contributed by atoms with Gasteiger partial charge in [-0.15, -0.1) is 0 Å². The molecule has 0 atom stereocenters. The van der Waals surface area contributed by atoms with E-state index in [9.17, 15) is 4.79 Å². The van der Waals surface area contributed by atoms with Crippen molar-refractivity contribution in [1.82, 2.24) is 9.88 Å². The van der Waals surface area contributed by atoms with E-state index < -0.39 is 0 Å². The van der Waals surface area contributed by atoms with Gasteiger partial charge in [0.05, 0.1) is 16.6 Å². The van der Waals surface area contributed by atoms with Gasteiger partial charge in [0.25, 0.3) is 0 Å². The van der Waals surface area contributed by atoms with Gasteiger partial charge in [0, 0.05) is 13.1 Å². The number of aryl methyl sites for hydroxylation is 3. The zero-order valence-electron chi connectivity index (χ0n) is 16.7. The van der Waals surface area contributed by atoms with Crippen molar-refractivity contribution in [2.75, 3.05) is 32.1 Å². The molecule has 0 aliphatic carbocycles. The van der Waals surface area contributed by atoms with Crippen LogP contribution < -0.4 is 4.90 Å². The molecule has 27 heavy (non-hydrogen) atoms. The molecule has 0 saturated carbocycles. The van der Waals surface area contributed by atoms with Crippen molar-refractivity contribution in [3.05, 3.63) is 58.7 Å². The smallest absolute Gasteiger partial charge is 0.233 e. The lowest BCUT2D eigenvalue weighted by molar-refractivity contribution is -0.118. The third-order valence-electron chi connectivity index (χ3n) is 4.84. The quantitative estimate of drug-likeness (QED) is 0.637. The Labute approximate surface area is 165 Å². The summed E-state index contributed by atoms with van der Waals surface area (Å²) in [6, 6.07) is 12.4. The number of carbonyl (C=O) groups excluding carboxylic acids is 1. The molecule has 0 radical (unpaired) electrons. The van der Waals surface area contributed by atoms with Crippen LogP contribution in [-0.4, -0.2) is 43.0 Å². The van der Waals surface area contributed by atoms with Crippen LogP contribution in [0.3, 0.4) is 0 Å². The zero-order valence-corrected chi connectivity index (χ0v) is 17.6. The SMILES string of the molecule is Cc1ccc(CC(=O)N(CCN(C)C)c2nc3c(C)cccc3s2)cc1C. The molecule has 0 unspecified atom stereocenters. The summed E-state index contributed by atoms with van der Waals surface area (Å²) in [4.78, 5) is 21.9. The van der Waals surface area contributed by atoms with Crippen LogP contribution in [0.1, 0.15) is 22.3 Å². The number of carbonyl (C=O) groups is 1. The van der Waals surface area contributed by atoms with Gasteiger partial charge in [-0.1, -0.05) is 41.7 Å². The predicted molar refractivity (Wildman–Crippen MR) is 115 cm³/mol. The van der Waals surface area contributed by atoms with Gasteiger partial charge in [0.15, 0.2) is 5.13 Å². The molecule has 0 aliphatic heterocycles. The summed E-state index contributed by atoms with van der Waals surface area (Å²) in [5.41, 5.74) is 5.65. The van der Waals surface area contributed by atoms with E-state index in [4.69, 9.17) is 4.98 Å². The predicted octanol–water partition coefficient (Wildman–Crippen LogP) is 4.36. The second-order valence-electron chi connectivity index (χ2n) is 7.36. The van der Waals surface area contributed by atoms with Crippen molar-refractivity contribution in [1.29, 1.82) is 0 Å². The molecular weight excluding hydrogens is 354 g/mol. The van der Waals surface area contributed by atoms with E-state index in [0.29, 0.717) is 13.0 Å². The topological polar surface area (TPSA) is 36.4 Å². The van der Waals surface area contributed by atoms with E-state index in [2.05, 4.69) is 49.9 Å². The molecule has 1 aromatic heterocycles. The Bertz CT molecular complexity index is 961. The molecule has 3 aromatic rings. The second kappa shape index (κ2) is 8.19. The van der Waals surface area contributed by atoms with Crippen molar-refractivity contribution < 1.29 is 4.79 Å². The molecule has 0 N–H and O–H groups in total. The van der Waals surface area contributed by atoms with E-state index in [1.54, 1.807) is 11.3 Å². The highest BCUT2D eigenvalue weighted by molar-refractivity contribution is 7.22. The van der Waals surface area contributed by atoms with E-state index in [1.807, 2.05) is 31.1 Å². The van der Waals surface area contributed by atoms with E-state index >= 15 is 0 Å². The highest BCUT2D eigenvalue weighted by Crippen LogP contribution is 2.31. The number of fused-ring (bicyclic) bond motifs is 1. The average Bonchev–Trinajstić information content (AvgIpc) is 3.03. The van der Waals surface area contributed by atoms with Crippen molar-refractivity contribution >= 4 is 32.6 Å². The summed E-state index contributed by atoms with van der Waals surface area (Å²) >= 11 is 1.59. The van der Waals surface area contributed by atoms with Gasteiger partial charge >= 0.3 is 0 Å². The van der Waals surface area contributed by atoms with Crippen LogP contribution in [0.25, 0.3) is 10.2 Å². The summed E-state index contributed by atoms with van der Waals surface area (Å²) < 4.78 is 1.12. The van der Waals surface area contributed by atoms with Gasteiger partial charge in [-0.2, -0.15) is 0 Å². The number of rotatable bonds is 6. The van der Waals surface area contributed by atoms with Crippen LogP contribution in [0, 0.1) is 20.8 Å². The number of anilines is 1. The highest BCUT2D eigenvalue weighted by Gasteiger charge is 2.20. The van der Waals surface area contributed by atoms with Gasteiger partial charge in [0.1, 0.15) is 0 Å². The lowest BCUT2D eigenvalue weighted by Gasteiger charge is -2.22. The molecule has 0 fully saturated rings. The third-order valence-corrected chi connectivity index (χ3v) is 5.88. The van der Waals surface area contributed by atoms with Crippen LogP contribution in [0.2, 0.25) is 0 Å². The minimum absolute atomic E-state index is 0.0943. The number of hydrogen-bond acceptors (Lipinski definition) is 4. The largest absolute Gasteiger partial charge is 0.308 e. The normalized spacial score (nSPS) is 11.3. The number of amides is 1. The first kappa shape index (κ1) is 19.5. The minimum atomic E-state index is 0.0943. The monoisotopic (exact) mass is 381 g/mol. The first-order valence-corrected chi connectivity index (χ1v) is 10.0. The van der Waals surface area contributed by atoms with Crippen LogP contribution in [0.15, 0.2) is 36.4 Å². The fourth-order valence-electron chi connectivity index (χ4n) is 3.00. The number of para-hydroxylation sites is 1. The highest BCUT2D eigenvalue weighted by atomic mass is 32.1. The van der Waals surface area contributed by atoms with E-state index in [0.717, 1.165) is 33.0 Å². The van der Waals surface area contributed by atoms with Crippen molar-refractivity contribution in [3.63, 3.8) is 0 Å². The molecule has 0 saturated heterocycles. The Hall–Kier alpha value is -2.24. The average molecular weight is 382 g/mol. The second-order valence-corrected chi connectivity index (χ2v) is 8.37. The van der Waals surface area contributed by atoms with Gasteiger partial charge < -0.3 is 4.90 Å². The van der Waals surface area contributed by atoms with Crippen LogP contribution >= 0.6 is 11.3 Å². The van der Waals surface area contributed by atoms with Crippen LogP contribution in [0.4, 0.5) is 5.13 Å². The molecule has 2 aromatic carbocycles. The Morgan fingerprint density at radius 3 is 2.44 bits per heavy atom. The maximum atomic E-state index is 13.2. The summed E-state index contributed by atoms with van der Waals surface area (Å²) in [6.07, 6.45) is 0.392. The lowest BCUT2D eigenvalue weighted by Crippen LogP contribution is -2.37. The first-order chi connectivity index (χ1) is 12.8. The molecule has 0 aliphatic rings. The fourth-order valence-corrected chi connectivity index (χ4v) is 4.09. The summed E-state index contributed by atoms with van der Waals surface area (Å²) in [5.74, 6) is 0.0943. The summed E-state index contributed by atoms with van der Waals surface area (Å²) in [5, 5.41) is 0.787. The van der Waals surface area contributed by atoms with Gasteiger partial charge in [-0.25, -0.2) is 4.98 Å². The van der Waals surface area contributed by atoms with Gasteiger partial charge in [0.2, 0.25) is 5.91 Å². The Balaban J connectivity index is 1.90. The number of benzene rings is 2. The zero-order chi connectivity index (χ0) is 19.6. The molecule has 3 rings (SSSR count). The Kier molecular flexibility index (Phi) is 5.92. The number of thiazole rings is 1. The fraction of sp³-hybridized carbons (Fsp3) is 0.364. The number of likely N-dealkylation sites (N-methyl/N-ethyl adjacent to an activating group) is 1. The first-order valence-electron chi connectivity index (χ1n) is 9.22. The molecule has 0 bridgehead atoms. The number of nitrogens with zero attached hydrogens (tertiary/aromatic N) is 3. The van der Waals surface area contributed by atoms with E-state index in [-0.39, 0.29) is 5.91 Å². The standard InChI is InChI=1S/C22H27N3OS/c1-15-9-10-18(13-17(15)3)14-20(26)25(12-11-24(4)5)22-23-21-16(2)7-6-8-19(21)27-22/h6-10,13H,11-12,14H2,1-5H3. The van der Waals surface area contributed by atoms with E-state index in [1.165, 1.54) is 11.1 Å². The molecule has 1 heterocycles. The Morgan fingerprint density at radius 1 is 1.00 bits per heavy atom. The molecule has 0 spiro atoms. The minimum Gasteiger partial charge on any atom is -0.308 e. The maximum Gasteiger partial charge on any atom is 0.233 e. The lowest BCUT2D eigenvalue weighted by atomic mass is 10.0. The van der Waals surface area contributed by atoms with Crippen molar-refractivity contribution in [2.45, 2.75) is 27.2 Å². The summed E-state index contributed by atoms with van der Waals surface area (Å²) in [6.45, 7) is 7.67. The number of aromatic nitrogens is 1. The Morgan fingerprint density at radius 2 is 1.78 bits per heavy atom. The third kappa shape index (κ3) is 4.54. The molecule has 5 heteroatoms. The van der Waals surface area contributed by atoms with Crippen LogP contribution in [0.5, 0.6) is 0 Å². The van der Waals surface area contributed by atoms with Crippen molar-refractivity contribution in [3.8, 4) is 0 Å². The molecular formula is C22H27N3OS. The summed E-state index contributed by atoms with van der Waals surface area (Å²) in [7, 11) is 4.04. The van der Waals surface area contributed by atoms with Crippen molar-refractivity contribution in [2.24, 2.45) is 0 Å². The molecule has 4 nitrogen and oxygen atoms in total. The maximum absolute atomic E-state index is 13.2. The van der Waals surface area contributed by atoms with Crippen LogP contribution in [-0.2, 0) is 11.2 Å². The van der Waals surface area contributed by atoms with Gasteiger partial charge in [-0.3, -0.25) is 9.69 Å². The molecule has 1 amide bonds.